The fourth-order valence-electron chi connectivity index (χ4n) is 0. The van der Waals surface area contributed by atoms with Crippen molar-refractivity contribution >= 4 is 11.9 Å². The van der Waals surface area contributed by atoms with E-state index < -0.39 is 11.9 Å². The molecule has 10 heteroatoms. The topological polar surface area (TPSA) is 184 Å². The van der Waals surface area contributed by atoms with Crippen molar-refractivity contribution in [2.45, 2.75) is 13.8 Å². The van der Waals surface area contributed by atoms with Gasteiger partial charge in [0.25, 0.3) is 0 Å². The van der Waals surface area contributed by atoms with E-state index in [9.17, 15) is 0 Å². The minimum atomic E-state index is -1.08. The number of carbonyl (C=O) groups is 2. The molecular weight excluding hydrogens is 262 g/mol. The molecule has 0 radical (unpaired) electrons. The number of carboxylic acids is 2. The molecule has 0 unspecified atom stereocenters. The Morgan fingerprint density at radius 3 is 0.778 bits per heavy atom. The van der Waals surface area contributed by atoms with Crippen LogP contribution < -0.4 is 92.3 Å². The maximum absolute atomic E-state index is 8.89. The molecule has 0 aliphatic heterocycles. The number of carbonyl (C=O) groups excluding carboxylic acids is 2. The van der Waals surface area contributed by atoms with E-state index in [-0.39, 0.29) is 59.1 Å². The number of rotatable bonds is 2. The Kier molecular flexibility index (Phi) is 87.0. The minimum Gasteiger partial charge on any atom is -0.550 e. The van der Waals surface area contributed by atoms with Crippen molar-refractivity contribution in [3.05, 3.63) is 0 Å². The first-order valence-corrected chi connectivity index (χ1v) is 4.45. The molecule has 0 rings (SSSR count). The van der Waals surface area contributed by atoms with Gasteiger partial charge in [-0.3, -0.25) is 0 Å². The molecule has 0 amide bonds. The van der Waals surface area contributed by atoms with Gasteiger partial charge < -0.3 is 42.7 Å². The van der Waals surface area contributed by atoms with Gasteiger partial charge in [-0.1, -0.05) is 0 Å². The van der Waals surface area contributed by atoms with Crippen LogP contribution in [0.4, 0.5) is 0 Å². The van der Waals surface area contributed by atoms with Crippen LogP contribution in [-0.4, -0.2) is 38.1 Å². The smallest absolute Gasteiger partial charge is 0.550 e. The predicted octanol–water partition coefficient (Wildman–Crippen LogP) is -10.7. The summed E-state index contributed by atoms with van der Waals surface area (Å²) >= 11 is 0. The first-order chi connectivity index (χ1) is 7.29. The van der Waals surface area contributed by atoms with Gasteiger partial charge in [0.05, 0.1) is 0 Å². The van der Waals surface area contributed by atoms with Gasteiger partial charge in [-0.2, -0.15) is 0 Å². The molecule has 0 spiro atoms. The Bertz CT molecular complexity index is 125. The molecule has 0 bridgehead atoms. The molecule has 0 aromatic carbocycles. The van der Waals surface area contributed by atoms with Crippen LogP contribution in [0.3, 0.4) is 0 Å². The minimum absolute atomic E-state index is 0. The maximum atomic E-state index is 8.89. The van der Waals surface area contributed by atoms with Gasteiger partial charge in [0.2, 0.25) is 0 Å². The zero-order chi connectivity index (χ0) is 14.0. The summed E-state index contributed by atoms with van der Waals surface area (Å²) in [7, 11) is 0. The SMILES string of the molecule is CC(=O)[O-].CC(=O)[O-].NCCN.NCCN.[Na+].[Na+]. The number of nitrogens with two attached hydrogens (primary N) is 4. The monoisotopic (exact) mass is 284 g/mol. The standard InChI is InChI=1S/2C2H8N2.2C2H4O2.2Na/c2*3-1-2-4;2*1-2(3)4;;/h2*1-4H2;2*1H3,(H,3,4);;/q;;;;2*+1/p-2. The van der Waals surface area contributed by atoms with Gasteiger partial charge in [0.1, 0.15) is 0 Å². The van der Waals surface area contributed by atoms with Gasteiger partial charge in [-0.05, 0) is 13.8 Å². The summed E-state index contributed by atoms with van der Waals surface area (Å²) < 4.78 is 0. The molecular formula is C8H22N4Na2O4. The fraction of sp³-hybridized carbons (Fsp3) is 0.750. The van der Waals surface area contributed by atoms with Crippen LogP contribution in [0.2, 0.25) is 0 Å². The van der Waals surface area contributed by atoms with Gasteiger partial charge in [0, 0.05) is 38.1 Å². The van der Waals surface area contributed by atoms with E-state index in [1.54, 1.807) is 0 Å². The van der Waals surface area contributed by atoms with E-state index in [4.69, 9.17) is 42.7 Å². The second kappa shape index (κ2) is 43.1. The molecule has 0 aliphatic carbocycles. The van der Waals surface area contributed by atoms with Crippen molar-refractivity contribution in [2.24, 2.45) is 22.9 Å². The zero-order valence-corrected chi connectivity index (χ0v) is 15.8. The summed E-state index contributed by atoms with van der Waals surface area (Å²) in [5.41, 5.74) is 19.6. The van der Waals surface area contributed by atoms with E-state index in [1.807, 2.05) is 0 Å². The van der Waals surface area contributed by atoms with Gasteiger partial charge in [0.15, 0.2) is 0 Å². The first kappa shape index (κ1) is 36.3. The van der Waals surface area contributed by atoms with E-state index in [2.05, 4.69) is 0 Å². The number of carboxylic acid groups (broad SMARTS) is 2. The van der Waals surface area contributed by atoms with Crippen molar-refractivity contribution < 1.29 is 78.9 Å². The number of hydrogen-bond acceptors (Lipinski definition) is 8. The normalized spacial score (nSPS) is 6.11. The molecule has 0 aliphatic rings. The van der Waals surface area contributed by atoms with Crippen LogP contribution >= 0.6 is 0 Å². The van der Waals surface area contributed by atoms with Crippen LogP contribution in [0.15, 0.2) is 0 Å². The van der Waals surface area contributed by atoms with Crippen molar-refractivity contribution in [3.8, 4) is 0 Å². The Labute approximate surface area is 152 Å². The van der Waals surface area contributed by atoms with Crippen LogP contribution in [0.1, 0.15) is 13.8 Å². The van der Waals surface area contributed by atoms with Crippen molar-refractivity contribution in [2.75, 3.05) is 26.2 Å². The van der Waals surface area contributed by atoms with Crippen LogP contribution in [-0.2, 0) is 9.59 Å². The predicted molar refractivity (Wildman–Crippen MR) is 57.6 cm³/mol. The van der Waals surface area contributed by atoms with Gasteiger partial charge >= 0.3 is 59.1 Å². The molecule has 8 N–H and O–H groups in total. The third-order valence-corrected chi connectivity index (χ3v) is 0.333. The molecule has 0 saturated heterocycles. The average molecular weight is 284 g/mol. The summed E-state index contributed by atoms with van der Waals surface area (Å²) in [6, 6.07) is 0. The molecule has 0 fully saturated rings. The molecule has 0 aromatic heterocycles. The number of aliphatic carboxylic acids is 2. The molecule has 0 aromatic rings. The molecule has 100 valence electrons. The second-order valence-corrected chi connectivity index (χ2v) is 2.14. The molecule has 8 nitrogen and oxygen atoms in total. The Balaban J connectivity index is -0.0000000257. The zero-order valence-electron chi connectivity index (χ0n) is 11.8. The largest absolute Gasteiger partial charge is 1.00 e. The molecule has 0 heterocycles. The third kappa shape index (κ3) is 541. The third-order valence-electron chi connectivity index (χ3n) is 0.333. The molecule has 18 heavy (non-hydrogen) atoms. The van der Waals surface area contributed by atoms with Crippen LogP contribution in [0.5, 0.6) is 0 Å². The Hall–Kier alpha value is 0.780. The summed E-state index contributed by atoms with van der Waals surface area (Å²) in [4.78, 5) is 17.8. The summed E-state index contributed by atoms with van der Waals surface area (Å²) in [6.07, 6.45) is 0. The van der Waals surface area contributed by atoms with E-state index in [0.29, 0.717) is 26.2 Å². The van der Waals surface area contributed by atoms with Crippen LogP contribution in [0, 0.1) is 0 Å². The summed E-state index contributed by atoms with van der Waals surface area (Å²) in [6.45, 7) is 4.33. The van der Waals surface area contributed by atoms with Crippen molar-refractivity contribution in [1.82, 2.24) is 0 Å². The van der Waals surface area contributed by atoms with E-state index >= 15 is 0 Å². The first-order valence-electron chi connectivity index (χ1n) is 4.45. The Morgan fingerprint density at radius 1 is 0.722 bits per heavy atom. The van der Waals surface area contributed by atoms with Crippen LogP contribution in [0.25, 0.3) is 0 Å². The second-order valence-electron chi connectivity index (χ2n) is 2.14. The van der Waals surface area contributed by atoms with Gasteiger partial charge in [-0.25, -0.2) is 0 Å². The number of hydrogen-bond donors (Lipinski definition) is 4. The molecule has 0 atom stereocenters. The molecule has 0 saturated carbocycles. The summed E-state index contributed by atoms with van der Waals surface area (Å²) in [5, 5.41) is 17.8. The average Bonchev–Trinajstić information content (AvgIpc) is 2.16. The van der Waals surface area contributed by atoms with Crippen molar-refractivity contribution in [3.63, 3.8) is 0 Å². The summed E-state index contributed by atoms with van der Waals surface area (Å²) in [5.74, 6) is -2.17. The van der Waals surface area contributed by atoms with Crippen molar-refractivity contribution in [1.29, 1.82) is 0 Å². The Morgan fingerprint density at radius 2 is 0.778 bits per heavy atom. The van der Waals surface area contributed by atoms with E-state index in [0.717, 1.165) is 13.8 Å². The van der Waals surface area contributed by atoms with E-state index in [1.165, 1.54) is 0 Å². The quantitative estimate of drug-likeness (QED) is 0.360. The fourth-order valence-corrected chi connectivity index (χ4v) is 0. The maximum Gasteiger partial charge on any atom is 1.00 e. The van der Waals surface area contributed by atoms with Gasteiger partial charge in [-0.15, -0.1) is 0 Å².